The smallest absolute Gasteiger partial charge is 0.203 e. The first-order valence-electron chi connectivity index (χ1n) is 9.12. The van der Waals surface area contributed by atoms with Crippen molar-refractivity contribution >= 4 is 7.37 Å². The van der Waals surface area contributed by atoms with E-state index in [9.17, 15) is 4.57 Å². The maximum atomic E-state index is 13.1. The fourth-order valence-electron chi connectivity index (χ4n) is 3.92. The first kappa shape index (κ1) is 19.4. The van der Waals surface area contributed by atoms with Crippen LogP contribution >= 0.6 is 7.37 Å². The van der Waals surface area contributed by atoms with Gasteiger partial charge in [-0.3, -0.25) is 4.57 Å². The van der Waals surface area contributed by atoms with Crippen molar-refractivity contribution in [2.75, 3.05) is 12.3 Å². The second-order valence-corrected chi connectivity index (χ2v) is 11.1. The second-order valence-electron chi connectivity index (χ2n) is 8.45. The highest BCUT2D eigenvalue weighted by molar-refractivity contribution is 7.59. The van der Waals surface area contributed by atoms with Gasteiger partial charge in [0.2, 0.25) is 7.37 Å². The summed E-state index contributed by atoms with van der Waals surface area (Å²) in [7, 11) is -2.54. The fourth-order valence-corrected chi connectivity index (χ4v) is 6.84. The molecule has 0 bridgehead atoms. The van der Waals surface area contributed by atoms with E-state index in [4.69, 9.17) is 14.0 Å². The molecule has 0 aromatic heterocycles. The number of ether oxygens (including phenoxy) is 2. The summed E-state index contributed by atoms with van der Waals surface area (Å²) in [6, 6.07) is 0. The zero-order valence-electron chi connectivity index (χ0n) is 15.9. The molecule has 2 aliphatic heterocycles. The highest BCUT2D eigenvalue weighted by Crippen LogP contribution is 2.56. The van der Waals surface area contributed by atoms with Crippen LogP contribution in [0, 0.1) is 11.3 Å². The van der Waals surface area contributed by atoms with E-state index in [0.717, 1.165) is 12.8 Å². The molecule has 2 rings (SSSR count). The molecule has 0 spiro atoms. The van der Waals surface area contributed by atoms with Crippen LogP contribution in [0.3, 0.4) is 0 Å². The quantitative estimate of drug-likeness (QED) is 0.677. The highest BCUT2D eigenvalue weighted by atomic mass is 31.2. The van der Waals surface area contributed by atoms with E-state index in [1.54, 1.807) is 0 Å². The number of rotatable bonds is 5. The van der Waals surface area contributed by atoms with Crippen LogP contribution in [0.4, 0.5) is 0 Å². The van der Waals surface area contributed by atoms with E-state index in [1.165, 1.54) is 0 Å². The van der Waals surface area contributed by atoms with Crippen molar-refractivity contribution in [3.63, 3.8) is 0 Å². The molecule has 0 N–H and O–H groups in total. The monoisotopic (exact) mass is 346 g/mol. The van der Waals surface area contributed by atoms with Gasteiger partial charge in [-0.25, -0.2) is 0 Å². The van der Waals surface area contributed by atoms with E-state index < -0.39 is 7.37 Å². The molecule has 2 heterocycles. The summed E-state index contributed by atoms with van der Waals surface area (Å²) < 4.78 is 31.5. The predicted octanol–water partition coefficient (Wildman–Crippen LogP) is 4.71. The van der Waals surface area contributed by atoms with Crippen LogP contribution in [-0.2, 0) is 18.6 Å². The summed E-state index contributed by atoms with van der Waals surface area (Å²) in [4.78, 5) is 0. The molecule has 0 amide bonds. The molecule has 5 atom stereocenters. The Hall–Kier alpha value is 0.110. The Morgan fingerprint density at radius 2 is 1.83 bits per heavy atom. The van der Waals surface area contributed by atoms with Gasteiger partial charge < -0.3 is 14.0 Å². The largest absolute Gasteiger partial charge is 0.372 e. The topological polar surface area (TPSA) is 44.8 Å². The lowest BCUT2D eigenvalue weighted by Crippen LogP contribution is -2.43. The fraction of sp³-hybridized carbons (Fsp3) is 1.00. The third kappa shape index (κ3) is 4.39. The minimum Gasteiger partial charge on any atom is -0.372 e. The predicted molar refractivity (Wildman–Crippen MR) is 94.4 cm³/mol. The lowest BCUT2D eigenvalue weighted by atomic mass is 9.79. The van der Waals surface area contributed by atoms with Crippen LogP contribution in [0.25, 0.3) is 0 Å². The molecule has 0 unspecified atom stereocenters. The molecule has 0 saturated carbocycles. The van der Waals surface area contributed by atoms with Crippen molar-refractivity contribution in [1.82, 2.24) is 0 Å². The van der Waals surface area contributed by atoms with Gasteiger partial charge in [0.25, 0.3) is 0 Å². The number of hydrogen-bond donors (Lipinski definition) is 0. The van der Waals surface area contributed by atoms with E-state index in [0.29, 0.717) is 12.3 Å². The van der Waals surface area contributed by atoms with Crippen LogP contribution in [0.2, 0.25) is 0 Å². The number of hydrogen-bond acceptors (Lipinski definition) is 4. The molecular weight excluding hydrogens is 311 g/mol. The van der Waals surface area contributed by atoms with Crippen LogP contribution in [0.5, 0.6) is 0 Å². The van der Waals surface area contributed by atoms with Crippen LogP contribution in [0.15, 0.2) is 0 Å². The molecule has 136 valence electrons. The van der Waals surface area contributed by atoms with Crippen LogP contribution in [-0.4, -0.2) is 42.8 Å². The Labute approximate surface area is 142 Å². The molecule has 2 saturated heterocycles. The van der Waals surface area contributed by atoms with Crippen molar-refractivity contribution in [3.8, 4) is 0 Å². The maximum absolute atomic E-state index is 13.1. The van der Waals surface area contributed by atoms with Crippen molar-refractivity contribution in [3.05, 3.63) is 0 Å². The lowest BCUT2D eigenvalue weighted by Gasteiger charge is -2.37. The van der Waals surface area contributed by atoms with Gasteiger partial charge in [0, 0.05) is 17.7 Å². The summed E-state index contributed by atoms with van der Waals surface area (Å²) in [5, 5.41) is 0. The molecule has 4 nitrogen and oxygen atoms in total. The van der Waals surface area contributed by atoms with Crippen LogP contribution in [0.1, 0.15) is 61.3 Å². The summed E-state index contributed by atoms with van der Waals surface area (Å²) in [5.41, 5.74) is -0.0325. The Bertz CT molecular complexity index is 446. The molecule has 0 aromatic carbocycles. The third-order valence-corrected chi connectivity index (χ3v) is 8.14. The van der Waals surface area contributed by atoms with Crippen LogP contribution < -0.4 is 0 Å². The Morgan fingerprint density at radius 3 is 2.39 bits per heavy atom. The normalized spacial score (nSPS) is 40.9. The average molecular weight is 346 g/mol. The Morgan fingerprint density at radius 1 is 1.17 bits per heavy atom. The zero-order valence-corrected chi connectivity index (χ0v) is 16.8. The van der Waals surface area contributed by atoms with Gasteiger partial charge in [-0.15, -0.1) is 0 Å². The standard InChI is InChI=1S/C18H35O4P/c1-12(2)20-17-16(21-14(5)18(17,6)7)15-9-8-10-23(19,11-15)22-13(3)4/h12-17H,8-11H2,1-7H3/t14-,15+,16+,17+,23+/m0/s1. The maximum Gasteiger partial charge on any atom is 0.203 e. The average Bonchev–Trinajstić information content (AvgIpc) is 2.60. The molecule has 2 aliphatic rings. The first-order chi connectivity index (χ1) is 10.5. The van der Waals surface area contributed by atoms with Gasteiger partial charge in [0.1, 0.15) is 0 Å². The van der Waals surface area contributed by atoms with Crippen molar-refractivity contribution in [2.24, 2.45) is 11.3 Å². The first-order valence-corrected chi connectivity index (χ1v) is 11.1. The summed E-state index contributed by atoms with van der Waals surface area (Å²) in [6.07, 6.45) is 3.75. The summed E-state index contributed by atoms with van der Waals surface area (Å²) >= 11 is 0. The minimum atomic E-state index is -2.54. The van der Waals surface area contributed by atoms with E-state index in [1.807, 2.05) is 13.8 Å². The SMILES string of the molecule is CC(C)O[C@@H]1[C@@H]([C@@H]2CCC[P@@](=O)(OC(C)C)C2)O[C@@H](C)C1(C)C. The highest BCUT2D eigenvalue weighted by Gasteiger charge is 2.53. The molecule has 5 heteroatoms. The molecule has 2 fully saturated rings. The Kier molecular flexibility index (Phi) is 6.05. The third-order valence-electron chi connectivity index (χ3n) is 5.31. The Balaban J connectivity index is 2.16. The molecular formula is C18H35O4P. The molecule has 0 aliphatic carbocycles. The van der Waals surface area contributed by atoms with Gasteiger partial charge >= 0.3 is 0 Å². The minimum absolute atomic E-state index is 0.0159. The van der Waals surface area contributed by atoms with Crippen molar-refractivity contribution in [2.45, 2.75) is 91.8 Å². The molecule has 23 heavy (non-hydrogen) atoms. The molecule has 0 aromatic rings. The summed E-state index contributed by atoms with van der Waals surface area (Å²) in [5.74, 6) is 0.265. The second kappa shape index (κ2) is 7.15. The van der Waals surface area contributed by atoms with Gasteiger partial charge in [-0.05, 0) is 53.4 Å². The van der Waals surface area contributed by atoms with E-state index >= 15 is 0 Å². The van der Waals surface area contributed by atoms with Crippen molar-refractivity contribution < 1.29 is 18.6 Å². The molecule has 0 radical (unpaired) electrons. The zero-order chi connectivity index (χ0) is 17.4. The van der Waals surface area contributed by atoms with E-state index in [2.05, 4.69) is 34.6 Å². The summed E-state index contributed by atoms with van der Waals surface area (Å²) in [6.45, 7) is 14.6. The van der Waals surface area contributed by atoms with Gasteiger partial charge in [-0.1, -0.05) is 13.8 Å². The van der Waals surface area contributed by atoms with Crippen molar-refractivity contribution in [1.29, 1.82) is 0 Å². The van der Waals surface area contributed by atoms with Gasteiger partial charge in [0.05, 0.1) is 30.5 Å². The van der Waals surface area contributed by atoms with E-state index in [-0.39, 0.29) is 41.9 Å². The lowest BCUT2D eigenvalue weighted by molar-refractivity contribution is -0.0790. The van der Waals surface area contributed by atoms with Gasteiger partial charge in [-0.2, -0.15) is 0 Å². The van der Waals surface area contributed by atoms with Gasteiger partial charge in [0.15, 0.2) is 0 Å².